The number of rotatable bonds is 6. The minimum Gasteiger partial charge on any atom is -0.496 e. The van der Waals surface area contributed by atoms with Crippen molar-refractivity contribution in [3.63, 3.8) is 0 Å². The van der Waals surface area contributed by atoms with Crippen LogP contribution in [0.15, 0.2) is 52.8 Å². The van der Waals surface area contributed by atoms with E-state index in [4.69, 9.17) is 21.5 Å². The molecule has 0 spiro atoms. The average Bonchev–Trinajstić information content (AvgIpc) is 2.52. The van der Waals surface area contributed by atoms with Gasteiger partial charge >= 0.3 is 0 Å². The van der Waals surface area contributed by atoms with E-state index in [2.05, 4.69) is 4.72 Å². The molecule has 0 bridgehead atoms. The molecule has 7 nitrogen and oxygen atoms in total. The normalized spacial score (nSPS) is 12.3. The van der Waals surface area contributed by atoms with Crippen molar-refractivity contribution in [1.82, 2.24) is 0 Å². The molecule has 0 aliphatic heterocycles. The number of hydrogen-bond donors (Lipinski definition) is 2. The lowest BCUT2D eigenvalue weighted by molar-refractivity contribution is 0.414. The number of para-hydroxylation sites is 1. The number of methoxy groups -OCH3 is 1. The maximum absolute atomic E-state index is 12.2. The molecule has 2 rings (SSSR count). The SMILES string of the molecule is COc1cc(Cl)ccc1/C=C/S(=O)(=O)Nc1ccccc1S(N)(=O)=O. The molecule has 0 aromatic heterocycles. The quantitative estimate of drug-likeness (QED) is 0.769. The molecule has 0 unspecified atom stereocenters. The van der Waals surface area contributed by atoms with Gasteiger partial charge in [-0.1, -0.05) is 23.7 Å². The molecule has 10 heteroatoms. The third kappa shape index (κ3) is 5.20. The van der Waals surface area contributed by atoms with E-state index in [1.165, 1.54) is 43.5 Å². The Bertz CT molecular complexity index is 1020. The number of halogens is 1. The van der Waals surface area contributed by atoms with Gasteiger partial charge < -0.3 is 4.74 Å². The van der Waals surface area contributed by atoms with Crippen LogP contribution in [0.25, 0.3) is 6.08 Å². The van der Waals surface area contributed by atoms with Crippen molar-refractivity contribution in [1.29, 1.82) is 0 Å². The predicted octanol–water partition coefficient (Wildman–Crippen LogP) is 2.41. The smallest absolute Gasteiger partial charge is 0.255 e. The fraction of sp³-hybridized carbons (Fsp3) is 0.0667. The first-order chi connectivity index (χ1) is 11.6. The highest BCUT2D eigenvalue weighted by atomic mass is 35.5. The van der Waals surface area contributed by atoms with Crippen molar-refractivity contribution in [2.45, 2.75) is 4.90 Å². The fourth-order valence-corrected chi connectivity index (χ4v) is 3.77. The van der Waals surface area contributed by atoms with Crippen molar-refractivity contribution in [2.24, 2.45) is 5.14 Å². The molecule has 2 aromatic carbocycles. The summed E-state index contributed by atoms with van der Waals surface area (Å²) in [5, 5.41) is 6.41. The second-order valence-electron chi connectivity index (χ2n) is 4.88. The summed E-state index contributed by atoms with van der Waals surface area (Å²) in [7, 11) is -6.64. The average molecular weight is 403 g/mol. The molecule has 134 valence electrons. The van der Waals surface area contributed by atoms with Crippen LogP contribution in [0, 0.1) is 0 Å². The van der Waals surface area contributed by atoms with E-state index in [0.29, 0.717) is 16.3 Å². The number of nitrogens with two attached hydrogens (primary N) is 1. The number of primary sulfonamides is 1. The summed E-state index contributed by atoms with van der Waals surface area (Å²) in [6.45, 7) is 0. The van der Waals surface area contributed by atoms with Gasteiger partial charge in [-0.3, -0.25) is 4.72 Å². The Morgan fingerprint density at radius 1 is 1.12 bits per heavy atom. The third-order valence-electron chi connectivity index (χ3n) is 3.07. The molecule has 0 fully saturated rings. The van der Waals surface area contributed by atoms with Crippen molar-refractivity contribution >= 4 is 43.4 Å². The zero-order chi connectivity index (χ0) is 18.7. The topological polar surface area (TPSA) is 116 Å². The van der Waals surface area contributed by atoms with Gasteiger partial charge in [-0.25, -0.2) is 22.0 Å². The van der Waals surface area contributed by atoms with E-state index < -0.39 is 20.0 Å². The van der Waals surface area contributed by atoms with Crippen LogP contribution in [0.5, 0.6) is 5.75 Å². The molecule has 0 amide bonds. The number of ether oxygens (including phenoxy) is 1. The van der Waals surface area contributed by atoms with Gasteiger partial charge in [0.2, 0.25) is 10.0 Å². The number of benzene rings is 2. The molecule has 0 saturated heterocycles. The lowest BCUT2D eigenvalue weighted by atomic mass is 10.2. The van der Waals surface area contributed by atoms with Gasteiger partial charge in [-0.05, 0) is 36.4 Å². The minimum atomic E-state index is -4.07. The van der Waals surface area contributed by atoms with Gasteiger partial charge in [0.25, 0.3) is 10.0 Å². The molecular weight excluding hydrogens is 388 g/mol. The summed E-state index contributed by atoms with van der Waals surface area (Å²) in [5.41, 5.74) is 0.342. The summed E-state index contributed by atoms with van der Waals surface area (Å²) < 4.78 is 54.8. The lowest BCUT2D eigenvalue weighted by Gasteiger charge is -2.09. The highest BCUT2D eigenvalue weighted by Gasteiger charge is 2.16. The van der Waals surface area contributed by atoms with Crippen LogP contribution in [0.3, 0.4) is 0 Å². The van der Waals surface area contributed by atoms with E-state index in [-0.39, 0.29) is 10.6 Å². The van der Waals surface area contributed by atoms with Crippen LogP contribution >= 0.6 is 11.6 Å². The van der Waals surface area contributed by atoms with Crippen LogP contribution in [0.4, 0.5) is 5.69 Å². The van der Waals surface area contributed by atoms with E-state index in [9.17, 15) is 16.8 Å². The Hall–Kier alpha value is -2.07. The van der Waals surface area contributed by atoms with Gasteiger partial charge in [0.1, 0.15) is 10.6 Å². The first kappa shape index (κ1) is 19.3. The Kier molecular flexibility index (Phi) is 5.73. The zero-order valence-electron chi connectivity index (χ0n) is 13.0. The van der Waals surface area contributed by atoms with Gasteiger partial charge in [-0.15, -0.1) is 0 Å². The third-order valence-corrected chi connectivity index (χ3v) is 5.27. The van der Waals surface area contributed by atoms with E-state index >= 15 is 0 Å². The number of hydrogen-bond acceptors (Lipinski definition) is 5. The number of sulfonamides is 2. The fourth-order valence-electron chi connectivity index (χ4n) is 1.97. The van der Waals surface area contributed by atoms with Crippen LogP contribution in [-0.2, 0) is 20.0 Å². The summed E-state index contributed by atoms with van der Waals surface area (Å²) in [4.78, 5) is -0.323. The summed E-state index contributed by atoms with van der Waals surface area (Å²) in [6.07, 6.45) is 1.30. The molecule has 0 saturated carbocycles. The van der Waals surface area contributed by atoms with Gasteiger partial charge in [0.05, 0.1) is 18.2 Å². The van der Waals surface area contributed by atoms with Crippen molar-refractivity contribution in [3.05, 3.63) is 58.5 Å². The van der Waals surface area contributed by atoms with Crippen LogP contribution in [0.2, 0.25) is 5.02 Å². The van der Waals surface area contributed by atoms with Gasteiger partial charge in [0.15, 0.2) is 0 Å². The van der Waals surface area contributed by atoms with Crippen molar-refractivity contribution in [2.75, 3.05) is 11.8 Å². The maximum Gasteiger partial charge on any atom is 0.255 e. The van der Waals surface area contributed by atoms with Gasteiger partial charge in [0, 0.05) is 10.6 Å². The minimum absolute atomic E-state index is 0.141. The Balaban J connectivity index is 2.33. The Morgan fingerprint density at radius 2 is 1.80 bits per heavy atom. The Labute approximate surface area is 151 Å². The summed E-state index contributed by atoms with van der Waals surface area (Å²) >= 11 is 5.85. The lowest BCUT2D eigenvalue weighted by Crippen LogP contribution is -2.17. The molecule has 0 atom stereocenters. The maximum atomic E-state index is 12.2. The van der Waals surface area contributed by atoms with E-state index in [0.717, 1.165) is 5.41 Å². The zero-order valence-corrected chi connectivity index (χ0v) is 15.4. The highest BCUT2D eigenvalue weighted by molar-refractivity contribution is 7.95. The summed E-state index contributed by atoms with van der Waals surface area (Å²) in [6, 6.07) is 10.1. The monoisotopic (exact) mass is 402 g/mol. The number of anilines is 1. The predicted molar refractivity (Wildman–Crippen MR) is 97.4 cm³/mol. The molecule has 25 heavy (non-hydrogen) atoms. The summed E-state index contributed by atoms with van der Waals surface area (Å²) in [5.74, 6) is 0.392. The van der Waals surface area contributed by atoms with Crippen molar-refractivity contribution in [3.8, 4) is 5.75 Å². The molecule has 3 N–H and O–H groups in total. The molecule has 0 aliphatic rings. The second kappa shape index (κ2) is 7.44. The van der Waals surface area contributed by atoms with Crippen LogP contribution in [0.1, 0.15) is 5.56 Å². The molecule has 0 aliphatic carbocycles. The van der Waals surface area contributed by atoms with Gasteiger partial charge in [-0.2, -0.15) is 0 Å². The second-order valence-corrected chi connectivity index (χ2v) is 8.41. The Morgan fingerprint density at radius 3 is 2.44 bits per heavy atom. The van der Waals surface area contributed by atoms with E-state index in [1.807, 2.05) is 0 Å². The molecule has 2 aromatic rings. The first-order valence-corrected chi connectivity index (χ1v) is 10.3. The molecule has 0 radical (unpaired) electrons. The van der Waals surface area contributed by atoms with Crippen LogP contribution in [-0.4, -0.2) is 23.9 Å². The van der Waals surface area contributed by atoms with Crippen molar-refractivity contribution < 1.29 is 21.6 Å². The van der Waals surface area contributed by atoms with E-state index in [1.54, 1.807) is 12.1 Å². The number of nitrogens with one attached hydrogen (secondary N) is 1. The highest BCUT2D eigenvalue weighted by Crippen LogP contribution is 2.25. The molecular formula is C15H15ClN2O5S2. The standard InChI is InChI=1S/C15H15ClN2O5S2/c1-23-14-10-12(16)7-6-11(14)8-9-24(19,20)18-13-4-2-3-5-15(13)25(17,21)22/h2-10,18H,1H3,(H2,17,21,22)/b9-8+. The molecule has 0 heterocycles. The van der Waals surface area contributed by atoms with Crippen LogP contribution < -0.4 is 14.6 Å². The first-order valence-electron chi connectivity index (χ1n) is 6.79. The largest absolute Gasteiger partial charge is 0.496 e.